The van der Waals surface area contributed by atoms with Crippen LogP contribution >= 0.6 is 0 Å². The summed E-state index contributed by atoms with van der Waals surface area (Å²) in [4.78, 5) is 51.8. The topological polar surface area (TPSA) is 179 Å². The van der Waals surface area contributed by atoms with Gasteiger partial charge in [-0.25, -0.2) is 9.59 Å². The van der Waals surface area contributed by atoms with E-state index in [0.29, 0.717) is 60.2 Å². The number of nitrogens with two attached hydrogens (primary N) is 1. The van der Waals surface area contributed by atoms with E-state index < -0.39 is 48.2 Å². The second-order valence-corrected chi connectivity index (χ2v) is 12.6. The van der Waals surface area contributed by atoms with Gasteiger partial charge in [-0.05, 0) is 77.1 Å². The molecule has 0 aromatic heterocycles. The van der Waals surface area contributed by atoms with Crippen molar-refractivity contribution in [2.24, 2.45) is 23.5 Å². The maximum absolute atomic E-state index is 13.3. The number of nitrogens with zero attached hydrogens (tertiary/aromatic N) is 1. The second-order valence-electron chi connectivity index (χ2n) is 12.6. The zero-order valence-corrected chi connectivity index (χ0v) is 29.5. The third kappa shape index (κ3) is 11.9. The Kier molecular flexibility index (Phi) is 16.6. The molecule has 0 saturated carbocycles. The lowest BCUT2D eigenvalue weighted by molar-refractivity contribution is -0.114. The molecule has 0 radical (unpaired) electrons. The number of anilines is 1. The van der Waals surface area contributed by atoms with Crippen LogP contribution in [0.3, 0.4) is 0 Å². The molecule has 2 rings (SSSR count). The summed E-state index contributed by atoms with van der Waals surface area (Å²) in [5, 5.41) is 17.3. The minimum atomic E-state index is -1.02. The molecular weight excluding hydrogens is 620 g/mol. The Hall–Kier alpha value is -3.94. The van der Waals surface area contributed by atoms with Gasteiger partial charge in [0.05, 0.1) is 25.2 Å². The zero-order chi connectivity index (χ0) is 36.0. The average molecular weight is 675 g/mol. The van der Waals surface area contributed by atoms with E-state index in [0.717, 1.165) is 13.0 Å². The first-order chi connectivity index (χ1) is 22.8. The summed E-state index contributed by atoms with van der Waals surface area (Å²) in [5.41, 5.74) is 7.40. The average Bonchev–Trinajstić information content (AvgIpc) is 3.03. The highest BCUT2D eigenvalue weighted by Crippen LogP contribution is 2.38. The number of ether oxygens (including phenoxy) is 4. The number of hydrogen-bond donors (Lipinski definition) is 4. The number of primary amides is 1. The highest BCUT2D eigenvalue weighted by Gasteiger charge is 2.30. The van der Waals surface area contributed by atoms with Crippen molar-refractivity contribution in [3.05, 3.63) is 41.0 Å². The maximum atomic E-state index is 13.3. The molecule has 2 bridgehead atoms. The summed E-state index contributed by atoms with van der Waals surface area (Å²) in [6.07, 6.45) is 2.31. The third-order valence-corrected chi connectivity index (χ3v) is 8.54. The number of rotatable bonds is 9. The summed E-state index contributed by atoms with van der Waals surface area (Å²) in [6.45, 7) is 8.39. The molecule has 3 amide bonds. The zero-order valence-electron chi connectivity index (χ0n) is 29.5. The Morgan fingerprint density at radius 1 is 1.21 bits per heavy atom. The first-order valence-electron chi connectivity index (χ1n) is 16.3. The number of hydrogen-bond acceptors (Lipinski definition) is 10. The lowest BCUT2D eigenvalue weighted by atomic mass is 9.86. The number of amides is 3. The molecule has 1 aromatic rings. The molecule has 6 atom stereocenters. The van der Waals surface area contributed by atoms with Crippen LogP contribution in [0.1, 0.15) is 58.9 Å². The Morgan fingerprint density at radius 3 is 2.52 bits per heavy atom. The first-order valence-corrected chi connectivity index (χ1v) is 16.3. The first kappa shape index (κ1) is 40.2. The SMILES string of the molecule is CNCCCN(C)C(=O)Oc1cc2cc(c1OC)C[C@@H](C)C[C@H](OC)[C@H](O)[C@@H](C)/C=C(\C)[C@H](OC(N)=O)[C@@H](C=O)CC/C=C(\C)C(=O)N2. The fraction of sp³-hybridized carbons (Fsp3) is 0.600. The number of allylic oxidation sites excluding steroid dienone is 1. The van der Waals surface area contributed by atoms with E-state index in [4.69, 9.17) is 24.7 Å². The summed E-state index contributed by atoms with van der Waals surface area (Å²) >= 11 is 0. The number of fused-ring (bicyclic) bond motifs is 2. The van der Waals surface area contributed by atoms with Crippen LogP contribution in [0, 0.1) is 17.8 Å². The predicted octanol–water partition coefficient (Wildman–Crippen LogP) is 4.22. The standard InChI is InChI=1S/C35H54N4O9/c1-21-15-26-18-27(19-29(32(26)46-8)47-35(44)39(6)14-10-13-37-5)38-33(42)22(2)11-9-12-25(20-40)31(48-34(36)43)24(4)17-23(3)30(41)28(16-21)45-7/h11,17-21,23,25,28,30-31,37,41H,9-10,12-16H2,1-8H3,(H2,36,43)(H,38,42)/b22-11+,24-17+/t21-,23+,25-,28+,30-,31+/m1/s1. The monoisotopic (exact) mass is 674 g/mol. The van der Waals surface area contributed by atoms with Crippen LogP contribution in [0.5, 0.6) is 11.5 Å². The molecule has 1 aliphatic heterocycles. The van der Waals surface area contributed by atoms with Crippen LogP contribution in [0.15, 0.2) is 35.4 Å². The van der Waals surface area contributed by atoms with E-state index >= 15 is 0 Å². The molecule has 5 N–H and O–H groups in total. The summed E-state index contributed by atoms with van der Waals surface area (Å²) in [6, 6.07) is 3.33. The van der Waals surface area contributed by atoms with Gasteiger partial charge in [0, 0.05) is 49.5 Å². The van der Waals surface area contributed by atoms with Crippen molar-refractivity contribution in [2.75, 3.05) is 46.7 Å². The van der Waals surface area contributed by atoms with E-state index in [1.54, 1.807) is 45.2 Å². The summed E-state index contributed by atoms with van der Waals surface area (Å²) in [7, 11) is 6.50. The number of aliphatic hydroxyl groups excluding tert-OH is 1. The van der Waals surface area contributed by atoms with E-state index in [1.165, 1.54) is 19.1 Å². The van der Waals surface area contributed by atoms with Crippen LogP contribution in [0.25, 0.3) is 0 Å². The van der Waals surface area contributed by atoms with E-state index in [2.05, 4.69) is 10.6 Å². The van der Waals surface area contributed by atoms with Crippen LogP contribution in [-0.4, -0.2) is 94.1 Å². The lowest BCUT2D eigenvalue weighted by Gasteiger charge is -2.29. The minimum Gasteiger partial charge on any atom is -0.493 e. The molecule has 1 aliphatic rings. The molecule has 268 valence electrons. The molecule has 48 heavy (non-hydrogen) atoms. The summed E-state index contributed by atoms with van der Waals surface area (Å²) in [5.74, 6) is -1.13. The van der Waals surface area contributed by atoms with Crippen LogP contribution < -0.4 is 25.8 Å². The van der Waals surface area contributed by atoms with Crippen molar-refractivity contribution >= 4 is 30.1 Å². The van der Waals surface area contributed by atoms with Gasteiger partial charge in [-0.15, -0.1) is 0 Å². The third-order valence-electron chi connectivity index (χ3n) is 8.54. The van der Waals surface area contributed by atoms with Gasteiger partial charge in [0.1, 0.15) is 12.4 Å². The minimum absolute atomic E-state index is 0.0661. The fourth-order valence-corrected chi connectivity index (χ4v) is 5.87. The van der Waals surface area contributed by atoms with E-state index in [-0.39, 0.29) is 18.1 Å². The smallest absolute Gasteiger partial charge is 0.415 e. The van der Waals surface area contributed by atoms with Crippen LogP contribution in [0.2, 0.25) is 0 Å². The Morgan fingerprint density at radius 2 is 1.92 bits per heavy atom. The van der Waals surface area contributed by atoms with Gasteiger partial charge in [0.15, 0.2) is 11.5 Å². The molecular formula is C35H54N4O9. The highest BCUT2D eigenvalue weighted by molar-refractivity contribution is 6.03. The number of aliphatic hydroxyl groups is 1. The molecule has 13 heteroatoms. The van der Waals surface area contributed by atoms with Crippen molar-refractivity contribution in [1.29, 1.82) is 0 Å². The molecule has 0 spiro atoms. The molecule has 0 fully saturated rings. The predicted molar refractivity (Wildman–Crippen MR) is 183 cm³/mol. The molecule has 0 saturated heterocycles. The molecule has 1 aromatic carbocycles. The number of carbonyl (C=O) groups is 4. The van der Waals surface area contributed by atoms with Crippen molar-refractivity contribution in [1.82, 2.24) is 10.2 Å². The highest BCUT2D eigenvalue weighted by atomic mass is 16.6. The molecule has 0 aliphatic carbocycles. The van der Waals surface area contributed by atoms with Crippen molar-refractivity contribution in [3.63, 3.8) is 0 Å². The van der Waals surface area contributed by atoms with Gasteiger partial charge in [0.2, 0.25) is 0 Å². The number of benzene rings is 1. The largest absolute Gasteiger partial charge is 0.493 e. The maximum Gasteiger partial charge on any atom is 0.415 e. The van der Waals surface area contributed by atoms with Crippen LogP contribution in [-0.2, 0) is 25.5 Å². The van der Waals surface area contributed by atoms with Gasteiger partial charge < -0.3 is 50.1 Å². The van der Waals surface area contributed by atoms with Gasteiger partial charge in [0.25, 0.3) is 5.91 Å². The van der Waals surface area contributed by atoms with Gasteiger partial charge in [-0.1, -0.05) is 26.0 Å². The van der Waals surface area contributed by atoms with Crippen molar-refractivity contribution < 1.29 is 43.2 Å². The van der Waals surface area contributed by atoms with Gasteiger partial charge >= 0.3 is 12.2 Å². The molecule has 13 nitrogen and oxygen atoms in total. The second kappa shape index (κ2) is 19.8. The van der Waals surface area contributed by atoms with Crippen molar-refractivity contribution in [3.8, 4) is 11.5 Å². The van der Waals surface area contributed by atoms with E-state index in [1.807, 2.05) is 20.9 Å². The number of nitrogens with one attached hydrogen (secondary N) is 2. The van der Waals surface area contributed by atoms with Gasteiger partial charge in [-0.2, -0.15) is 0 Å². The summed E-state index contributed by atoms with van der Waals surface area (Å²) < 4.78 is 22.7. The molecule has 0 unspecified atom stereocenters. The fourth-order valence-electron chi connectivity index (χ4n) is 5.87. The Bertz CT molecular complexity index is 1310. The normalized spacial score (nSPS) is 26.6. The Balaban J connectivity index is 2.59. The number of carbonyl (C=O) groups excluding carboxylic acids is 4. The number of methoxy groups -OCH3 is 2. The lowest BCUT2D eigenvalue weighted by Crippen LogP contribution is -2.36. The Labute approximate surface area is 284 Å². The van der Waals surface area contributed by atoms with Gasteiger partial charge in [-0.3, -0.25) is 4.79 Å². The van der Waals surface area contributed by atoms with Crippen LogP contribution in [0.4, 0.5) is 15.3 Å². The van der Waals surface area contributed by atoms with E-state index in [9.17, 15) is 24.3 Å². The molecule has 1 heterocycles. The quantitative estimate of drug-likeness (QED) is 0.168. The van der Waals surface area contributed by atoms with Crippen molar-refractivity contribution in [2.45, 2.75) is 78.1 Å². The number of aldehydes is 1.